The number of nitrogens with one attached hydrogen (secondary N) is 2. The summed E-state index contributed by atoms with van der Waals surface area (Å²) in [5.74, 6) is 0.165. The van der Waals surface area contributed by atoms with E-state index in [4.69, 9.17) is 15.0 Å². The third kappa shape index (κ3) is 6.54. The van der Waals surface area contributed by atoms with Crippen LogP contribution in [0.1, 0.15) is 56.4 Å². The molecule has 1 aromatic carbocycles. The molecule has 10 heteroatoms. The fourth-order valence-electron chi connectivity index (χ4n) is 4.18. The molecule has 2 aromatic rings. The van der Waals surface area contributed by atoms with Crippen molar-refractivity contribution in [2.45, 2.75) is 67.9 Å². The maximum Gasteiger partial charge on any atom is 0.407 e. The number of aliphatic hydroxyl groups excluding tert-OH is 1. The van der Waals surface area contributed by atoms with Crippen LogP contribution in [0.15, 0.2) is 35.5 Å². The van der Waals surface area contributed by atoms with Gasteiger partial charge in [-0.3, -0.25) is 5.14 Å². The van der Waals surface area contributed by atoms with Gasteiger partial charge in [-0.2, -0.15) is 0 Å². The smallest absolute Gasteiger partial charge is 0.407 e. The number of nitrogens with two attached hydrogens (primary N) is 1. The lowest BCUT2D eigenvalue weighted by Gasteiger charge is -2.16. The number of halogens is 1. The van der Waals surface area contributed by atoms with Crippen molar-refractivity contribution in [3.63, 3.8) is 0 Å². The lowest BCUT2D eigenvalue weighted by atomic mass is 10.0. The fraction of sp³-hybridized carbons (Fsp3) is 0.500. The van der Waals surface area contributed by atoms with E-state index in [-0.39, 0.29) is 24.2 Å². The van der Waals surface area contributed by atoms with Crippen LogP contribution in [-0.2, 0) is 4.74 Å². The summed E-state index contributed by atoms with van der Waals surface area (Å²) in [5.41, 5.74) is 1.29. The first-order valence-corrected chi connectivity index (χ1v) is 11.7. The molecule has 0 bridgehead atoms. The number of carbonyl (C=O) groups excluding carboxylic acids is 1. The lowest BCUT2D eigenvalue weighted by Crippen LogP contribution is -2.35. The molecule has 1 aromatic heterocycles. The molecule has 5 N–H and O–H groups in total. The highest BCUT2D eigenvalue weighted by Crippen LogP contribution is 2.36. The zero-order valence-corrected chi connectivity index (χ0v) is 18.9. The third-order valence-corrected chi connectivity index (χ3v) is 6.33. The normalized spacial score (nSPS) is 20.4. The molecule has 2 atom stereocenters. The third-order valence-electron chi connectivity index (χ3n) is 5.80. The summed E-state index contributed by atoms with van der Waals surface area (Å²) >= 11 is 0.991. The average molecular weight is 464 g/mol. The minimum atomic E-state index is -0.412. The number of hydrogen-bond acceptors (Lipinski definition) is 8. The van der Waals surface area contributed by atoms with E-state index in [9.17, 15) is 9.18 Å². The SMILES string of the molecule is CO.NSc1ccc(Nc2ncc(C3CCC(OC(=O)NC4CCCC4)C3)cn2)c(F)c1. The van der Waals surface area contributed by atoms with Gasteiger partial charge in [0, 0.05) is 30.4 Å². The molecule has 4 rings (SSSR count). The Labute approximate surface area is 191 Å². The predicted octanol–water partition coefficient (Wildman–Crippen LogP) is 4.24. The van der Waals surface area contributed by atoms with E-state index in [2.05, 4.69) is 20.6 Å². The molecule has 0 radical (unpaired) electrons. The van der Waals surface area contributed by atoms with Gasteiger partial charge in [-0.15, -0.1) is 0 Å². The van der Waals surface area contributed by atoms with E-state index in [1.165, 1.54) is 18.9 Å². The Bertz CT molecular complexity index is 880. The number of rotatable bonds is 6. The summed E-state index contributed by atoms with van der Waals surface area (Å²) in [4.78, 5) is 21.4. The van der Waals surface area contributed by atoms with E-state index in [0.29, 0.717) is 16.5 Å². The first-order valence-electron chi connectivity index (χ1n) is 10.8. The predicted molar refractivity (Wildman–Crippen MR) is 122 cm³/mol. The monoisotopic (exact) mass is 463 g/mol. The summed E-state index contributed by atoms with van der Waals surface area (Å²) < 4.78 is 19.7. The van der Waals surface area contributed by atoms with Gasteiger partial charge in [0.05, 0.1) is 5.69 Å². The van der Waals surface area contributed by atoms with Gasteiger partial charge in [-0.25, -0.2) is 19.2 Å². The Kier molecular flexibility index (Phi) is 9.07. The highest BCUT2D eigenvalue weighted by atomic mass is 32.2. The maximum atomic E-state index is 14.1. The van der Waals surface area contributed by atoms with Crippen molar-refractivity contribution in [1.29, 1.82) is 0 Å². The molecule has 2 fully saturated rings. The summed E-state index contributed by atoms with van der Waals surface area (Å²) in [6.45, 7) is 0. The molecule has 174 valence electrons. The number of aliphatic hydroxyl groups is 1. The van der Waals surface area contributed by atoms with Gasteiger partial charge in [0.2, 0.25) is 5.95 Å². The molecule has 0 aliphatic heterocycles. The second-order valence-corrected chi connectivity index (χ2v) is 8.59. The molecular formula is C22H30FN5O3S. The lowest BCUT2D eigenvalue weighted by molar-refractivity contribution is 0.0972. The van der Waals surface area contributed by atoms with E-state index in [0.717, 1.165) is 56.7 Å². The number of amides is 1. The number of ether oxygens (including phenoxy) is 1. The molecular weight excluding hydrogens is 433 g/mol. The van der Waals surface area contributed by atoms with Crippen LogP contribution in [0.3, 0.4) is 0 Å². The summed E-state index contributed by atoms with van der Waals surface area (Å²) in [7, 11) is 1.00. The summed E-state index contributed by atoms with van der Waals surface area (Å²) in [6.07, 6.45) is 10.1. The van der Waals surface area contributed by atoms with Crippen LogP contribution in [0.5, 0.6) is 0 Å². The second-order valence-electron chi connectivity index (χ2n) is 7.89. The largest absolute Gasteiger partial charge is 0.446 e. The van der Waals surface area contributed by atoms with Crippen molar-refractivity contribution in [1.82, 2.24) is 15.3 Å². The van der Waals surface area contributed by atoms with Gasteiger partial charge in [-0.05, 0) is 73.7 Å². The van der Waals surface area contributed by atoms with Gasteiger partial charge >= 0.3 is 6.09 Å². The van der Waals surface area contributed by atoms with E-state index < -0.39 is 5.82 Å². The summed E-state index contributed by atoms with van der Waals surface area (Å²) in [6, 6.07) is 4.96. The molecule has 2 saturated carbocycles. The first-order chi connectivity index (χ1) is 15.6. The van der Waals surface area contributed by atoms with Crippen molar-refractivity contribution < 1.29 is 19.0 Å². The van der Waals surface area contributed by atoms with Crippen LogP contribution in [0.4, 0.5) is 20.8 Å². The molecule has 8 nitrogen and oxygen atoms in total. The van der Waals surface area contributed by atoms with Crippen molar-refractivity contribution in [3.05, 3.63) is 42.0 Å². The standard InChI is InChI=1S/C21H26FN5O2S.CH4O/c22-18-10-17(30-23)7-8-19(18)27-20-24-11-14(12-25-20)13-5-6-16(9-13)29-21(28)26-15-3-1-2-4-15;1-2/h7-8,10-13,15-16H,1-6,9,23H2,(H,26,28)(H,24,25,27);2H,1H3. The number of hydrogen-bond donors (Lipinski definition) is 4. The van der Waals surface area contributed by atoms with Gasteiger partial charge in [0.15, 0.2) is 0 Å². The Hall–Kier alpha value is -2.43. The van der Waals surface area contributed by atoms with Gasteiger partial charge in [0.25, 0.3) is 0 Å². The Balaban J connectivity index is 0.00000141. The number of benzene rings is 1. The van der Waals surface area contributed by atoms with Crippen LogP contribution in [0.2, 0.25) is 0 Å². The van der Waals surface area contributed by atoms with Crippen LogP contribution >= 0.6 is 11.9 Å². The molecule has 0 saturated heterocycles. The van der Waals surface area contributed by atoms with Crippen LogP contribution in [-0.4, -0.2) is 40.4 Å². The highest BCUT2D eigenvalue weighted by molar-refractivity contribution is 7.97. The molecule has 0 spiro atoms. The van der Waals surface area contributed by atoms with Crippen LogP contribution < -0.4 is 15.8 Å². The highest BCUT2D eigenvalue weighted by Gasteiger charge is 2.30. The van der Waals surface area contributed by atoms with E-state index in [1.54, 1.807) is 24.5 Å². The van der Waals surface area contributed by atoms with Crippen molar-refractivity contribution >= 4 is 29.7 Å². The second kappa shape index (κ2) is 12.0. The number of carbonyl (C=O) groups is 1. The van der Waals surface area contributed by atoms with Gasteiger partial charge in [0.1, 0.15) is 11.9 Å². The molecule has 1 heterocycles. The van der Waals surface area contributed by atoms with Crippen molar-refractivity contribution in [2.75, 3.05) is 12.4 Å². The van der Waals surface area contributed by atoms with Crippen LogP contribution in [0, 0.1) is 5.82 Å². The first kappa shape index (κ1) is 24.2. The van der Waals surface area contributed by atoms with Crippen molar-refractivity contribution in [3.8, 4) is 0 Å². The quantitative estimate of drug-likeness (QED) is 0.469. The molecule has 1 amide bonds. The zero-order valence-electron chi connectivity index (χ0n) is 18.1. The maximum absolute atomic E-state index is 14.1. The number of alkyl carbamates (subject to hydrolysis) is 1. The van der Waals surface area contributed by atoms with E-state index in [1.807, 2.05) is 0 Å². The molecule has 32 heavy (non-hydrogen) atoms. The molecule has 2 unspecified atom stereocenters. The fourth-order valence-corrected chi connectivity index (χ4v) is 4.49. The zero-order chi connectivity index (χ0) is 22.9. The minimum Gasteiger partial charge on any atom is -0.446 e. The Morgan fingerprint density at radius 3 is 2.56 bits per heavy atom. The van der Waals surface area contributed by atoms with Crippen LogP contribution in [0.25, 0.3) is 0 Å². The van der Waals surface area contributed by atoms with Gasteiger partial charge < -0.3 is 20.5 Å². The summed E-state index contributed by atoms with van der Waals surface area (Å²) in [5, 5.41) is 18.3. The Morgan fingerprint density at radius 2 is 1.91 bits per heavy atom. The number of nitrogens with zero attached hydrogens (tertiary/aromatic N) is 2. The topological polar surface area (TPSA) is 122 Å². The average Bonchev–Trinajstić information content (AvgIpc) is 3.49. The van der Waals surface area contributed by atoms with Gasteiger partial charge in [-0.1, -0.05) is 12.8 Å². The van der Waals surface area contributed by atoms with E-state index >= 15 is 0 Å². The van der Waals surface area contributed by atoms with Crippen molar-refractivity contribution in [2.24, 2.45) is 5.14 Å². The molecule has 2 aliphatic rings. The molecule has 2 aliphatic carbocycles. The number of aromatic nitrogens is 2. The Morgan fingerprint density at radius 1 is 1.19 bits per heavy atom. The minimum absolute atomic E-state index is 0.0813. The number of anilines is 2.